The summed E-state index contributed by atoms with van der Waals surface area (Å²) in [6.07, 6.45) is 3.96. The molecule has 0 atom stereocenters. The summed E-state index contributed by atoms with van der Waals surface area (Å²) < 4.78 is 0. The molecule has 11 heavy (non-hydrogen) atoms. The minimum Gasteiger partial charge on any atom is -0.328 e. The highest BCUT2D eigenvalue weighted by atomic mass is 15.2. The molecule has 2 N–H and O–H groups in total. The van der Waals surface area contributed by atoms with Crippen LogP contribution in [-0.2, 0) is 0 Å². The molecule has 0 bridgehead atoms. The molecule has 1 saturated carbocycles. The van der Waals surface area contributed by atoms with Gasteiger partial charge in [-0.1, -0.05) is 6.92 Å². The highest BCUT2D eigenvalue weighted by molar-refractivity contribution is 5.01. The van der Waals surface area contributed by atoms with Gasteiger partial charge in [-0.3, -0.25) is 0 Å². The maximum atomic E-state index is 5.80. The summed E-state index contributed by atoms with van der Waals surface area (Å²) in [6.45, 7) is 6.09. The molecule has 2 heteroatoms. The van der Waals surface area contributed by atoms with Gasteiger partial charge in [-0.15, -0.1) is 0 Å². The van der Waals surface area contributed by atoms with Crippen molar-refractivity contribution in [2.24, 2.45) is 11.1 Å². The van der Waals surface area contributed by atoms with Gasteiger partial charge in [0.25, 0.3) is 0 Å². The first kappa shape index (κ1) is 7.56. The predicted octanol–water partition coefficient (Wildman–Crippen LogP) is 0.820. The zero-order chi connectivity index (χ0) is 7.90. The van der Waals surface area contributed by atoms with Crippen LogP contribution in [-0.4, -0.2) is 30.6 Å². The third kappa shape index (κ3) is 1.18. The van der Waals surface area contributed by atoms with Crippen LogP contribution >= 0.6 is 0 Å². The van der Waals surface area contributed by atoms with Gasteiger partial charge in [-0.25, -0.2) is 0 Å². The lowest BCUT2D eigenvalue weighted by Gasteiger charge is -2.43. The highest BCUT2D eigenvalue weighted by Gasteiger charge is 2.46. The Bertz CT molecular complexity index is 150. The topological polar surface area (TPSA) is 29.3 Å². The van der Waals surface area contributed by atoms with Gasteiger partial charge in [-0.05, 0) is 37.8 Å². The first-order valence-corrected chi connectivity index (χ1v) is 4.72. The fraction of sp³-hybridized carbons (Fsp3) is 1.00. The van der Waals surface area contributed by atoms with Gasteiger partial charge in [-0.2, -0.15) is 0 Å². The lowest BCUT2D eigenvalue weighted by atomic mass is 9.65. The van der Waals surface area contributed by atoms with E-state index in [1.54, 1.807) is 0 Å². The Labute approximate surface area is 68.7 Å². The molecule has 0 aromatic rings. The summed E-state index contributed by atoms with van der Waals surface area (Å²) in [4.78, 5) is 2.55. The quantitative estimate of drug-likeness (QED) is 0.606. The molecule has 0 unspecified atom stereocenters. The minimum absolute atomic E-state index is 0.520. The Hall–Kier alpha value is -0.0800. The molecule has 1 spiro atoms. The second-order valence-corrected chi connectivity index (χ2v) is 4.29. The van der Waals surface area contributed by atoms with Crippen LogP contribution in [0.1, 0.15) is 26.2 Å². The van der Waals surface area contributed by atoms with E-state index in [2.05, 4.69) is 11.8 Å². The molecule has 1 aliphatic carbocycles. The van der Waals surface area contributed by atoms with E-state index in [1.807, 2.05) is 0 Å². The van der Waals surface area contributed by atoms with Crippen LogP contribution < -0.4 is 5.73 Å². The summed E-state index contributed by atoms with van der Waals surface area (Å²) in [5.74, 6) is 0. The number of hydrogen-bond acceptors (Lipinski definition) is 2. The number of hydrogen-bond donors (Lipinski definition) is 1. The molecule has 2 rings (SSSR count). The number of likely N-dealkylation sites (tertiary alicyclic amines) is 1. The standard InChI is InChI=1S/C9H18N2/c1-2-11-4-3-9(7-11)5-8(10)6-9/h8H,2-7,10H2,1H3. The normalized spacial score (nSPS) is 44.7. The van der Waals surface area contributed by atoms with Gasteiger partial charge < -0.3 is 10.6 Å². The molecule has 1 aliphatic heterocycles. The van der Waals surface area contributed by atoms with Crippen molar-refractivity contribution in [1.82, 2.24) is 4.90 Å². The van der Waals surface area contributed by atoms with Crippen molar-refractivity contribution in [2.75, 3.05) is 19.6 Å². The van der Waals surface area contributed by atoms with Crippen molar-refractivity contribution in [3.8, 4) is 0 Å². The van der Waals surface area contributed by atoms with E-state index in [4.69, 9.17) is 5.73 Å². The Morgan fingerprint density at radius 1 is 1.55 bits per heavy atom. The fourth-order valence-electron chi connectivity index (χ4n) is 2.68. The average Bonchev–Trinajstić information content (AvgIpc) is 2.31. The first-order valence-electron chi connectivity index (χ1n) is 4.72. The Morgan fingerprint density at radius 2 is 2.27 bits per heavy atom. The molecule has 0 aromatic carbocycles. The maximum Gasteiger partial charge on any atom is 0.00503 e. The van der Waals surface area contributed by atoms with Gasteiger partial charge in [0.2, 0.25) is 0 Å². The van der Waals surface area contributed by atoms with Crippen LogP contribution in [0.15, 0.2) is 0 Å². The summed E-state index contributed by atoms with van der Waals surface area (Å²) in [5.41, 5.74) is 6.46. The lowest BCUT2D eigenvalue weighted by molar-refractivity contribution is 0.113. The summed E-state index contributed by atoms with van der Waals surface area (Å²) >= 11 is 0. The Kier molecular flexibility index (Phi) is 1.69. The molecule has 0 aromatic heterocycles. The van der Waals surface area contributed by atoms with Gasteiger partial charge in [0.1, 0.15) is 0 Å². The third-order valence-electron chi connectivity index (χ3n) is 3.35. The Balaban J connectivity index is 1.89. The van der Waals surface area contributed by atoms with E-state index in [-0.39, 0.29) is 0 Å². The lowest BCUT2D eigenvalue weighted by Crippen LogP contribution is -2.47. The summed E-state index contributed by atoms with van der Waals surface area (Å²) in [7, 11) is 0. The van der Waals surface area contributed by atoms with E-state index in [0.29, 0.717) is 11.5 Å². The van der Waals surface area contributed by atoms with Crippen molar-refractivity contribution in [3.05, 3.63) is 0 Å². The van der Waals surface area contributed by atoms with Crippen molar-refractivity contribution >= 4 is 0 Å². The van der Waals surface area contributed by atoms with Crippen LogP contribution in [0.5, 0.6) is 0 Å². The van der Waals surface area contributed by atoms with Gasteiger partial charge in [0, 0.05) is 12.6 Å². The zero-order valence-corrected chi connectivity index (χ0v) is 7.34. The second kappa shape index (κ2) is 2.46. The second-order valence-electron chi connectivity index (χ2n) is 4.29. The molecule has 64 valence electrons. The van der Waals surface area contributed by atoms with Gasteiger partial charge >= 0.3 is 0 Å². The van der Waals surface area contributed by atoms with E-state index in [1.165, 1.54) is 38.9 Å². The molecule has 2 nitrogen and oxygen atoms in total. The van der Waals surface area contributed by atoms with E-state index in [9.17, 15) is 0 Å². The highest BCUT2D eigenvalue weighted by Crippen LogP contribution is 2.47. The van der Waals surface area contributed by atoms with Gasteiger partial charge in [0.15, 0.2) is 0 Å². The molecule has 2 aliphatic rings. The molecular formula is C9H18N2. The van der Waals surface area contributed by atoms with Crippen LogP contribution in [0.2, 0.25) is 0 Å². The minimum atomic E-state index is 0.520. The smallest absolute Gasteiger partial charge is 0.00503 e. The monoisotopic (exact) mass is 154 g/mol. The van der Waals surface area contributed by atoms with Crippen molar-refractivity contribution < 1.29 is 0 Å². The molecular weight excluding hydrogens is 136 g/mol. The number of nitrogens with zero attached hydrogens (tertiary/aromatic N) is 1. The predicted molar refractivity (Wildman–Crippen MR) is 46.4 cm³/mol. The van der Waals surface area contributed by atoms with E-state index < -0.39 is 0 Å². The summed E-state index contributed by atoms with van der Waals surface area (Å²) in [6, 6.07) is 0.520. The van der Waals surface area contributed by atoms with Crippen LogP contribution in [0.3, 0.4) is 0 Å². The van der Waals surface area contributed by atoms with Crippen LogP contribution in [0.25, 0.3) is 0 Å². The zero-order valence-electron chi connectivity index (χ0n) is 7.34. The average molecular weight is 154 g/mol. The van der Waals surface area contributed by atoms with Crippen molar-refractivity contribution in [3.63, 3.8) is 0 Å². The molecule has 1 saturated heterocycles. The summed E-state index contributed by atoms with van der Waals surface area (Å²) in [5, 5.41) is 0. The van der Waals surface area contributed by atoms with Crippen molar-refractivity contribution in [2.45, 2.75) is 32.2 Å². The van der Waals surface area contributed by atoms with Gasteiger partial charge in [0.05, 0.1) is 0 Å². The maximum absolute atomic E-state index is 5.80. The van der Waals surface area contributed by atoms with E-state index in [0.717, 1.165) is 0 Å². The molecule has 1 heterocycles. The number of rotatable bonds is 1. The number of nitrogens with two attached hydrogens (primary N) is 1. The third-order valence-corrected chi connectivity index (χ3v) is 3.35. The van der Waals surface area contributed by atoms with Crippen molar-refractivity contribution in [1.29, 1.82) is 0 Å². The fourth-order valence-corrected chi connectivity index (χ4v) is 2.68. The molecule has 2 fully saturated rings. The Morgan fingerprint density at radius 3 is 2.73 bits per heavy atom. The van der Waals surface area contributed by atoms with E-state index >= 15 is 0 Å². The first-order chi connectivity index (χ1) is 5.24. The SMILES string of the molecule is CCN1CCC2(CC(N)C2)C1. The molecule has 0 amide bonds. The molecule has 0 radical (unpaired) electrons. The van der Waals surface area contributed by atoms with Crippen LogP contribution in [0, 0.1) is 5.41 Å². The van der Waals surface area contributed by atoms with Crippen LogP contribution in [0.4, 0.5) is 0 Å². The largest absolute Gasteiger partial charge is 0.328 e.